The predicted octanol–water partition coefficient (Wildman–Crippen LogP) is 3.27. The van der Waals surface area contributed by atoms with E-state index in [1.54, 1.807) is 37.3 Å². The van der Waals surface area contributed by atoms with Gasteiger partial charge in [0, 0.05) is 12.2 Å². The molecule has 0 radical (unpaired) electrons. The zero-order valence-electron chi connectivity index (χ0n) is 15.6. The van der Waals surface area contributed by atoms with Crippen molar-refractivity contribution in [2.45, 2.75) is 26.0 Å². The summed E-state index contributed by atoms with van der Waals surface area (Å²) in [4.78, 5) is 12.4. The first-order chi connectivity index (χ1) is 13.8. The molecule has 7 nitrogen and oxygen atoms in total. The van der Waals surface area contributed by atoms with Crippen molar-refractivity contribution in [2.75, 3.05) is 27.2 Å². The molecular weight excluding hydrogens is 404 g/mol. The predicted molar refractivity (Wildman–Crippen MR) is 107 cm³/mol. The van der Waals surface area contributed by atoms with Crippen LogP contribution in [0.4, 0.5) is 25.8 Å². The van der Waals surface area contributed by atoms with E-state index < -0.39 is 28.6 Å². The Hall–Kier alpha value is -2.88. The molecule has 2 N–H and O–H groups in total. The van der Waals surface area contributed by atoms with E-state index >= 15 is 0 Å². The molecule has 1 unspecified atom stereocenters. The molecule has 29 heavy (non-hydrogen) atoms. The normalized spacial score (nSPS) is 16.5. The van der Waals surface area contributed by atoms with Crippen molar-refractivity contribution in [1.82, 2.24) is 0 Å². The Labute approximate surface area is 167 Å². The summed E-state index contributed by atoms with van der Waals surface area (Å²) in [6, 6.07) is 11.9. The number of hydrogen-bond donors (Lipinski definition) is 2. The van der Waals surface area contributed by atoms with E-state index in [0.717, 1.165) is 0 Å². The Morgan fingerprint density at radius 1 is 1.14 bits per heavy atom. The molecule has 1 aliphatic heterocycles. The molecule has 1 fully saturated rings. The summed E-state index contributed by atoms with van der Waals surface area (Å²) < 4.78 is 54.7. The number of halogens is 2. The number of anilines is 3. The van der Waals surface area contributed by atoms with Crippen molar-refractivity contribution in [1.29, 1.82) is 0 Å². The fraction of sp³-hybridized carbons (Fsp3) is 0.316. The van der Waals surface area contributed by atoms with E-state index in [-0.39, 0.29) is 17.2 Å². The van der Waals surface area contributed by atoms with Crippen LogP contribution in [0.25, 0.3) is 0 Å². The Morgan fingerprint density at radius 3 is 2.45 bits per heavy atom. The van der Waals surface area contributed by atoms with Gasteiger partial charge in [-0.1, -0.05) is 12.1 Å². The van der Waals surface area contributed by atoms with Gasteiger partial charge in [0.25, 0.3) is 0 Å². The molecule has 3 rings (SSSR count). The second-order valence-electron chi connectivity index (χ2n) is 6.52. The van der Waals surface area contributed by atoms with Crippen LogP contribution in [0.1, 0.15) is 13.3 Å². The van der Waals surface area contributed by atoms with Gasteiger partial charge in [-0.2, -0.15) is 8.78 Å². The van der Waals surface area contributed by atoms with Crippen LogP contribution in [0.5, 0.6) is 5.75 Å². The number of carbonyl (C=O) groups is 1. The molecule has 156 valence electrons. The molecule has 0 bridgehead atoms. The molecule has 0 saturated carbocycles. The van der Waals surface area contributed by atoms with Gasteiger partial charge < -0.3 is 15.4 Å². The smallest absolute Gasteiger partial charge is 0.387 e. The molecule has 10 heteroatoms. The molecule has 2 aromatic carbocycles. The number of nitrogens with one attached hydrogen (secondary N) is 2. The molecule has 1 saturated heterocycles. The lowest BCUT2D eigenvalue weighted by molar-refractivity contribution is -0.116. The second-order valence-corrected chi connectivity index (χ2v) is 8.53. The van der Waals surface area contributed by atoms with Gasteiger partial charge in [-0.15, -0.1) is 0 Å². The highest BCUT2D eigenvalue weighted by atomic mass is 32.2. The molecule has 1 atom stereocenters. The van der Waals surface area contributed by atoms with Crippen LogP contribution in [0, 0.1) is 0 Å². The number of hydrogen-bond acceptors (Lipinski definition) is 5. The van der Waals surface area contributed by atoms with Gasteiger partial charge in [-0.25, -0.2) is 8.42 Å². The van der Waals surface area contributed by atoms with Crippen molar-refractivity contribution in [2.24, 2.45) is 0 Å². The van der Waals surface area contributed by atoms with Crippen molar-refractivity contribution < 1.29 is 26.7 Å². The third-order valence-electron chi connectivity index (χ3n) is 4.39. The number of ether oxygens (including phenoxy) is 1. The SMILES string of the molecule is CC(Nc1ccc(N2CCCS2(=O)=O)cc1)C(=O)Nc1ccccc1OC(F)F. The fourth-order valence-electron chi connectivity index (χ4n) is 2.98. The fourth-order valence-corrected chi connectivity index (χ4v) is 4.54. The summed E-state index contributed by atoms with van der Waals surface area (Å²) in [5.74, 6) is -0.429. The van der Waals surface area contributed by atoms with Crippen LogP contribution in [0.3, 0.4) is 0 Å². The number of sulfonamides is 1. The third-order valence-corrected chi connectivity index (χ3v) is 6.26. The van der Waals surface area contributed by atoms with Gasteiger partial charge in [0.2, 0.25) is 15.9 Å². The van der Waals surface area contributed by atoms with Gasteiger partial charge >= 0.3 is 6.61 Å². The minimum absolute atomic E-state index is 0.126. The van der Waals surface area contributed by atoms with Crippen LogP contribution >= 0.6 is 0 Å². The minimum atomic E-state index is -3.25. The van der Waals surface area contributed by atoms with Crippen LogP contribution in [-0.2, 0) is 14.8 Å². The molecule has 0 spiro atoms. The summed E-state index contributed by atoms with van der Waals surface area (Å²) in [7, 11) is -3.25. The lowest BCUT2D eigenvalue weighted by atomic mass is 10.2. The molecule has 0 aliphatic carbocycles. The van der Waals surface area contributed by atoms with Gasteiger partial charge in [-0.3, -0.25) is 9.10 Å². The summed E-state index contributed by atoms with van der Waals surface area (Å²) in [6.45, 7) is -0.930. The monoisotopic (exact) mass is 425 g/mol. The maximum absolute atomic E-state index is 12.5. The topological polar surface area (TPSA) is 87.7 Å². The Morgan fingerprint density at radius 2 is 1.83 bits per heavy atom. The van der Waals surface area contributed by atoms with Gasteiger partial charge in [0.1, 0.15) is 11.8 Å². The summed E-state index contributed by atoms with van der Waals surface area (Å²) in [6.07, 6.45) is 0.594. The summed E-state index contributed by atoms with van der Waals surface area (Å²) in [5, 5.41) is 5.55. The third kappa shape index (κ3) is 5.14. The number of amides is 1. The van der Waals surface area contributed by atoms with Crippen LogP contribution in [0.2, 0.25) is 0 Å². The molecular formula is C19H21F2N3O4S. The zero-order valence-corrected chi connectivity index (χ0v) is 16.5. The maximum atomic E-state index is 12.5. The number of carbonyl (C=O) groups excluding carboxylic acids is 1. The lowest BCUT2D eigenvalue weighted by Gasteiger charge is -2.19. The number of nitrogens with zero attached hydrogens (tertiary/aromatic N) is 1. The first-order valence-electron chi connectivity index (χ1n) is 8.98. The summed E-state index contributed by atoms with van der Waals surface area (Å²) >= 11 is 0. The zero-order chi connectivity index (χ0) is 21.0. The van der Waals surface area contributed by atoms with Gasteiger partial charge in [0.05, 0.1) is 17.1 Å². The first-order valence-corrected chi connectivity index (χ1v) is 10.6. The highest BCUT2D eigenvalue weighted by Gasteiger charge is 2.28. The van der Waals surface area contributed by atoms with Gasteiger partial charge in [-0.05, 0) is 49.7 Å². The van der Waals surface area contributed by atoms with E-state index in [2.05, 4.69) is 15.4 Å². The molecule has 1 amide bonds. The molecule has 2 aromatic rings. The Balaban J connectivity index is 1.63. The molecule has 1 aliphatic rings. The highest BCUT2D eigenvalue weighted by molar-refractivity contribution is 7.93. The van der Waals surface area contributed by atoms with Crippen LogP contribution in [-0.4, -0.2) is 39.3 Å². The van der Waals surface area contributed by atoms with E-state index in [1.165, 1.54) is 22.5 Å². The number of rotatable bonds is 7. The number of para-hydroxylation sites is 2. The lowest BCUT2D eigenvalue weighted by Crippen LogP contribution is -2.32. The largest absolute Gasteiger partial charge is 0.433 e. The second kappa shape index (κ2) is 8.64. The van der Waals surface area contributed by atoms with E-state index in [4.69, 9.17) is 0 Å². The summed E-state index contributed by atoms with van der Waals surface area (Å²) in [5.41, 5.74) is 1.33. The van der Waals surface area contributed by atoms with Crippen molar-refractivity contribution in [3.63, 3.8) is 0 Å². The average Bonchev–Trinajstić information content (AvgIpc) is 3.02. The highest BCUT2D eigenvalue weighted by Crippen LogP contribution is 2.27. The number of benzene rings is 2. The van der Waals surface area contributed by atoms with Crippen molar-refractivity contribution in [3.8, 4) is 5.75 Å². The Bertz CT molecular complexity index is 968. The van der Waals surface area contributed by atoms with Crippen LogP contribution < -0.4 is 19.7 Å². The molecule has 0 aromatic heterocycles. The maximum Gasteiger partial charge on any atom is 0.387 e. The van der Waals surface area contributed by atoms with Gasteiger partial charge in [0.15, 0.2) is 0 Å². The Kier molecular flexibility index (Phi) is 6.21. The van der Waals surface area contributed by atoms with Crippen molar-refractivity contribution >= 4 is 33.0 Å². The number of alkyl halides is 2. The van der Waals surface area contributed by atoms with Crippen LogP contribution in [0.15, 0.2) is 48.5 Å². The standard InChI is InChI=1S/C19H21F2N3O4S/c1-13(18(25)23-16-5-2-3-6-17(16)28-19(20)21)22-14-7-9-15(10-8-14)24-11-4-12-29(24,26)27/h2-3,5-10,13,19,22H,4,11-12H2,1H3,(H,23,25). The van der Waals surface area contributed by atoms with E-state index in [1.807, 2.05) is 0 Å². The molecule has 1 heterocycles. The van der Waals surface area contributed by atoms with E-state index in [0.29, 0.717) is 24.3 Å². The van der Waals surface area contributed by atoms with E-state index in [9.17, 15) is 22.0 Å². The quantitative estimate of drug-likeness (QED) is 0.711. The minimum Gasteiger partial charge on any atom is -0.433 e. The average molecular weight is 425 g/mol. The first kappa shape index (κ1) is 20.8. The van der Waals surface area contributed by atoms with Crippen molar-refractivity contribution in [3.05, 3.63) is 48.5 Å².